The molecule has 0 aliphatic rings. The lowest BCUT2D eigenvalue weighted by molar-refractivity contribution is 0.670. The van der Waals surface area contributed by atoms with Crippen molar-refractivity contribution in [3.8, 4) is 44.5 Å². The first-order valence-corrected chi connectivity index (χ1v) is 18.4. The van der Waals surface area contributed by atoms with Crippen molar-refractivity contribution in [2.75, 3.05) is 4.90 Å². The van der Waals surface area contributed by atoms with Gasteiger partial charge in [-0.15, -0.1) is 0 Å². The Morgan fingerprint density at radius 2 is 0.907 bits per heavy atom. The Morgan fingerprint density at radius 3 is 1.70 bits per heavy atom. The summed E-state index contributed by atoms with van der Waals surface area (Å²) in [5.74, 6) is 0. The molecule has 10 aromatic rings. The second-order valence-corrected chi connectivity index (χ2v) is 13.7. The maximum Gasteiger partial charge on any atom is 0.145 e. The molecule has 0 unspecified atom stereocenters. The molecule has 1 heterocycles. The minimum Gasteiger partial charge on any atom is -0.455 e. The summed E-state index contributed by atoms with van der Waals surface area (Å²) in [6.07, 6.45) is 0. The van der Waals surface area contributed by atoms with Gasteiger partial charge in [-0.05, 0) is 86.6 Å². The van der Waals surface area contributed by atoms with Crippen LogP contribution in [0.1, 0.15) is 0 Å². The van der Waals surface area contributed by atoms with Gasteiger partial charge in [0.15, 0.2) is 0 Å². The highest BCUT2D eigenvalue weighted by Crippen LogP contribution is 2.49. The maximum absolute atomic E-state index is 6.86. The molecule has 2 heteroatoms. The van der Waals surface area contributed by atoms with E-state index in [0.29, 0.717) is 0 Å². The Bertz CT molecular complexity index is 2920. The molecule has 0 atom stereocenters. The topological polar surface area (TPSA) is 16.4 Å². The summed E-state index contributed by atoms with van der Waals surface area (Å²) in [6.45, 7) is 0. The summed E-state index contributed by atoms with van der Waals surface area (Å²) in [5.41, 5.74) is 14.3. The Hall–Kier alpha value is -7.16. The lowest BCUT2D eigenvalue weighted by Gasteiger charge is -2.29. The Kier molecular flexibility index (Phi) is 7.85. The van der Waals surface area contributed by atoms with Gasteiger partial charge in [-0.25, -0.2) is 0 Å². The van der Waals surface area contributed by atoms with Crippen LogP contribution in [-0.4, -0.2) is 0 Å². The van der Waals surface area contributed by atoms with Crippen molar-refractivity contribution in [2.45, 2.75) is 0 Å². The van der Waals surface area contributed by atoms with Gasteiger partial charge in [-0.2, -0.15) is 0 Å². The van der Waals surface area contributed by atoms with E-state index in [4.69, 9.17) is 4.42 Å². The number of para-hydroxylation sites is 2. The van der Waals surface area contributed by atoms with E-state index in [-0.39, 0.29) is 0 Å². The fourth-order valence-corrected chi connectivity index (χ4v) is 7.92. The number of anilines is 3. The third-order valence-corrected chi connectivity index (χ3v) is 10.5. The van der Waals surface area contributed by atoms with E-state index in [1.54, 1.807) is 0 Å². The summed E-state index contributed by atoms with van der Waals surface area (Å²) in [5, 5.41) is 4.57. The average Bonchev–Trinajstić information content (AvgIpc) is 3.65. The molecule has 2 nitrogen and oxygen atoms in total. The highest BCUT2D eigenvalue weighted by molar-refractivity contribution is 6.18. The molecule has 10 rings (SSSR count). The van der Waals surface area contributed by atoms with Crippen molar-refractivity contribution in [1.82, 2.24) is 0 Å². The van der Waals surface area contributed by atoms with Crippen LogP contribution in [0, 0.1) is 0 Å². The average molecular weight is 690 g/mol. The zero-order chi connectivity index (χ0) is 35.8. The van der Waals surface area contributed by atoms with Gasteiger partial charge >= 0.3 is 0 Å². The quantitative estimate of drug-likeness (QED) is 0.166. The first-order chi connectivity index (χ1) is 26.8. The monoisotopic (exact) mass is 689 g/mol. The van der Waals surface area contributed by atoms with Crippen molar-refractivity contribution >= 4 is 49.8 Å². The predicted molar refractivity (Wildman–Crippen MR) is 228 cm³/mol. The van der Waals surface area contributed by atoms with Crippen molar-refractivity contribution < 1.29 is 4.42 Å². The molecule has 0 aliphatic carbocycles. The van der Waals surface area contributed by atoms with Crippen LogP contribution >= 0.6 is 0 Å². The van der Waals surface area contributed by atoms with Crippen molar-refractivity contribution in [3.63, 3.8) is 0 Å². The zero-order valence-electron chi connectivity index (χ0n) is 29.6. The minimum atomic E-state index is 0.867. The molecule has 0 spiro atoms. The number of hydrogen-bond acceptors (Lipinski definition) is 2. The van der Waals surface area contributed by atoms with Crippen molar-refractivity contribution in [3.05, 3.63) is 212 Å². The first-order valence-electron chi connectivity index (χ1n) is 18.4. The Balaban J connectivity index is 1.20. The summed E-state index contributed by atoms with van der Waals surface area (Å²) >= 11 is 0. The van der Waals surface area contributed by atoms with Gasteiger partial charge in [0.25, 0.3) is 0 Å². The molecule has 1 aromatic heterocycles. The summed E-state index contributed by atoms with van der Waals surface area (Å²) < 4.78 is 6.86. The number of benzene rings is 9. The van der Waals surface area contributed by atoms with Gasteiger partial charge in [0.05, 0.1) is 16.8 Å². The van der Waals surface area contributed by atoms with Gasteiger partial charge < -0.3 is 9.32 Å². The van der Waals surface area contributed by atoms with Crippen LogP contribution < -0.4 is 4.90 Å². The van der Waals surface area contributed by atoms with Crippen molar-refractivity contribution in [2.24, 2.45) is 0 Å². The highest BCUT2D eigenvalue weighted by Gasteiger charge is 2.24. The SMILES string of the molecule is c1ccc(-c2cccc(-c3ccc(N(c4ccccc4-c4ccccc4)c4ccc(-c5cccc6ccccc56)c5oc6ccccc6c45)cc3)c2)cc1. The number of fused-ring (bicyclic) bond motifs is 4. The molecule has 0 amide bonds. The zero-order valence-corrected chi connectivity index (χ0v) is 29.6. The Morgan fingerprint density at radius 1 is 0.333 bits per heavy atom. The molecule has 0 bridgehead atoms. The first kappa shape index (κ1) is 31.6. The molecular weight excluding hydrogens is 655 g/mol. The largest absolute Gasteiger partial charge is 0.455 e. The molecule has 0 radical (unpaired) electrons. The third-order valence-electron chi connectivity index (χ3n) is 10.5. The van der Waals surface area contributed by atoms with Crippen LogP contribution in [0.4, 0.5) is 17.1 Å². The second kappa shape index (κ2) is 13.4. The van der Waals surface area contributed by atoms with Crippen LogP contribution in [0.3, 0.4) is 0 Å². The number of hydrogen-bond donors (Lipinski definition) is 0. The van der Waals surface area contributed by atoms with Crippen LogP contribution in [0.2, 0.25) is 0 Å². The van der Waals surface area contributed by atoms with Crippen molar-refractivity contribution in [1.29, 1.82) is 0 Å². The molecular formula is C52H35NO. The van der Waals surface area contributed by atoms with Crippen LogP contribution in [-0.2, 0) is 0 Å². The fraction of sp³-hybridized carbons (Fsp3) is 0. The number of furan rings is 1. The number of rotatable bonds is 7. The predicted octanol–water partition coefficient (Wildman–Crippen LogP) is 14.9. The van der Waals surface area contributed by atoms with E-state index in [1.807, 2.05) is 0 Å². The van der Waals surface area contributed by atoms with E-state index >= 15 is 0 Å². The van der Waals surface area contributed by atoms with E-state index in [1.165, 1.54) is 27.5 Å². The second-order valence-electron chi connectivity index (χ2n) is 13.7. The molecule has 0 aliphatic heterocycles. The van der Waals surface area contributed by atoms with Gasteiger partial charge in [-0.3, -0.25) is 0 Å². The number of nitrogens with zero attached hydrogens (tertiary/aromatic N) is 1. The Labute approximate surface area is 314 Å². The van der Waals surface area contributed by atoms with Gasteiger partial charge in [0.1, 0.15) is 11.2 Å². The molecule has 0 saturated heterocycles. The lowest BCUT2D eigenvalue weighted by atomic mass is 9.95. The molecule has 0 saturated carbocycles. The minimum absolute atomic E-state index is 0.867. The van der Waals surface area contributed by atoms with E-state index in [2.05, 4.69) is 217 Å². The van der Waals surface area contributed by atoms with Crippen LogP contribution in [0.15, 0.2) is 217 Å². The standard InChI is InChI=1S/C52H35NO/c1-3-15-36(16-4-1)40-21-13-22-41(35-40)37-29-31-42(32-30-37)53(48-27-11-9-24-44(48)39-17-5-2-6-18-39)49-34-33-46(45-26-14-20-38-19-7-8-23-43(38)45)52-51(49)47-25-10-12-28-50(47)54-52/h1-35H. The third kappa shape index (κ3) is 5.53. The molecule has 0 fully saturated rings. The van der Waals surface area contributed by atoms with Gasteiger partial charge in [0, 0.05) is 22.2 Å². The fourth-order valence-electron chi connectivity index (χ4n) is 7.92. The van der Waals surface area contributed by atoms with E-state index in [9.17, 15) is 0 Å². The van der Waals surface area contributed by atoms with E-state index < -0.39 is 0 Å². The van der Waals surface area contributed by atoms with Crippen LogP contribution in [0.5, 0.6) is 0 Å². The lowest BCUT2D eigenvalue weighted by Crippen LogP contribution is -2.11. The smallest absolute Gasteiger partial charge is 0.145 e. The van der Waals surface area contributed by atoms with Crippen LogP contribution in [0.25, 0.3) is 77.2 Å². The van der Waals surface area contributed by atoms with E-state index in [0.717, 1.165) is 66.8 Å². The molecule has 0 N–H and O–H groups in total. The molecule has 54 heavy (non-hydrogen) atoms. The summed E-state index contributed by atoms with van der Waals surface area (Å²) in [6, 6.07) is 75.7. The summed E-state index contributed by atoms with van der Waals surface area (Å²) in [7, 11) is 0. The maximum atomic E-state index is 6.86. The molecule has 9 aromatic carbocycles. The normalized spacial score (nSPS) is 11.3. The summed E-state index contributed by atoms with van der Waals surface area (Å²) in [4.78, 5) is 2.41. The molecule has 254 valence electrons. The van der Waals surface area contributed by atoms with Gasteiger partial charge in [-0.1, -0.05) is 170 Å². The highest BCUT2D eigenvalue weighted by atomic mass is 16.3. The van der Waals surface area contributed by atoms with Gasteiger partial charge in [0.2, 0.25) is 0 Å².